The number of aromatic nitrogens is 4. The van der Waals surface area contributed by atoms with Crippen molar-refractivity contribution in [3.8, 4) is 23.8 Å². The molecule has 0 aliphatic carbocycles. The molecule has 0 spiro atoms. The third kappa shape index (κ3) is 3.28. The van der Waals surface area contributed by atoms with Gasteiger partial charge in [-0.2, -0.15) is 9.36 Å². The van der Waals surface area contributed by atoms with Gasteiger partial charge in [-0.05, 0) is 47.2 Å². The Balaban J connectivity index is 2.03. The fourth-order valence-corrected chi connectivity index (χ4v) is 2.57. The van der Waals surface area contributed by atoms with Crippen LogP contribution in [0.1, 0.15) is 16.7 Å². The second-order valence-corrected chi connectivity index (χ2v) is 5.87. The molecule has 0 unspecified atom stereocenters. The van der Waals surface area contributed by atoms with Gasteiger partial charge in [0, 0.05) is 18.2 Å². The van der Waals surface area contributed by atoms with Crippen LogP contribution in [-0.4, -0.2) is 19.8 Å². The first-order chi connectivity index (χ1) is 12.0. The highest BCUT2D eigenvalue weighted by Gasteiger charge is 2.15. The van der Waals surface area contributed by atoms with Crippen LogP contribution < -0.4 is 10.4 Å². The van der Waals surface area contributed by atoms with Crippen molar-refractivity contribution in [2.75, 3.05) is 0 Å². The van der Waals surface area contributed by atoms with Crippen LogP contribution in [0.15, 0.2) is 41.2 Å². The van der Waals surface area contributed by atoms with Crippen molar-refractivity contribution >= 4 is 11.6 Å². The van der Waals surface area contributed by atoms with Gasteiger partial charge in [-0.3, -0.25) is 0 Å². The van der Waals surface area contributed by atoms with Gasteiger partial charge < -0.3 is 4.74 Å². The van der Waals surface area contributed by atoms with E-state index in [0.29, 0.717) is 27.6 Å². The quantitative estimate of drug-likeness (QED) is 0.675. The number of aryl methyl sites for hydroxylation is 2. The third-order valence-corrected chi connectivity index (χ3v) is 4.03. The number of rotatable bonds is 4. The molecule has 25 heavy (non-hydrogen) atoms. The molecular formula is C18H15ClN4O2. The minimum Gasteiger partial charge on any atom is -0.487 e. The van der Waals surface area contributed by atoms with Crippen molar-refractivity contribution in [2.24, 2.45) is 7.05 Å². The average molecular weight is 355 g/mol. The lowest BCUT2D eigenvalue weighted by Gasteiger charge is -2.13. The Hall–Kier alpha value is -3.04. The van der Waals surface area contributed by atoms with Crippen molar-refractivity contribution in [1.82, 2.24) is 19.8 Å². The summed E-state index contributed by atoms with van der Waals surface area (Å²) in [7, 11) is 1.53. The predicted octanol–water partition coefficient (Wildman–Crippen LogP) is 2.49. The SMILES string of the molecule is C#Cc1cccc(-n2nnn(C)c2=O)c1COc1cc(C)ccc1Cl. The number of hydrogen-bond donors (Lipinski definition) is 0. The molecular weight excluding hydrogens is 340 g/mol. The number of ether oxygens (including phenoxy) is 1. The molecule has 126 valence electrons. The fourth-order valence-electron chi connectivity index (χ4n) is 2.40. The van der Waals surface area contributed by atoms with Gasteiger partial charge >= 0.3 is 5.69 Å². The van der Waals surface area contributed by atoms with Gasteiger partial charge in [-0.15, -0.1) is 6.42 Å². The maximum atomic E-state index is 12.2. The van der Waals surface area contributed by atoms with E-state index in [1.165, 1.54) is 11.7 Å². The second-order valence-electron chi connectivity index (χ2n) is 5.47. The van der Waals surface area contributed by atoms with E-state index in [2.05, 4.69) is 16.3 Å². The molecule has 3 rings (SSSR count). The molecule has 0 atom stereocenters. The van der Waals surface area contributed by atoms with E-state index in [1.54, 1.807) is 24.3 Å². The molecule has 0 N–H and O–H groups in total. The highest BCUT2D eigenvalue weighted by atomic mass is 35.5. The molecule has 7 heteroatoms. The van der Waals surface area contributed by atoms with Crippen molar-refractivity contribution in [3.63, 3.8) is 0 Å². The summed E-state index contributed by atoms with van der Waals surface area (Å²) in [6.07, 6.45) is 5.60. The highest BCUT2D eigenvalue weighted by molar-refractivity contribution is 6.32. The first kappa shape index (κ1) is 16.8. The first-order valence-corrected chi connectivity index (χ1v) is 7.86. The molecule has 3 aromatic rings. The Labute approximate surface area is 149 Å². The van der Waals surface area contributed by atoms with Gasteiger partial charge in [-0.1, -0.05) is 29.7 Å². The number of nitrogens with zero attached hydrogens (tertiary/aromatic N) is 4. The molecule has 0 aliphatic heterocycles. The van der Waals surface area contributed by atoms with E-state index in [0.717, 1.165) is 10.2 Å². The van der Waals surface area contributed by atoms with Crippen LogP contribution in [0.4, 0.5) is 0 Å². The number of halogens is 1. The molecule has 0 saturated heterocycles. The highest BCUT2D eigenvalue weighted by Crippen LogP contribution is 2.27. The molecule has 0 saturated carbocycles. The van der Waals surface area contributed by atoms with Crippen molar-refractivity contribution < 1.29 is 4.74 Å². The minimum absolute atomic E-state index is 0.141. The topological polar surface area (TPSA) is 61.9 Å². The standard InChI is InChI=1S/C18H15ClN4O2/c1-4-13-6-5-7-16(23-18(24)22(3)20-21-23)14(13)11-25-17-10-12(2)8-9-15(17)19/h1,5-10H,11H2,2-3H3. The van der Waals surface area contributed by atoms with Gasteiger partial charge in [-0.25, -0.2) is 4.79 Å². The van der Waals surface area contributed by atoms with Crippen molar-refractivity contribution in [2.45, 2.75) is 13.5 Å². The maximum absolute atomic E-state index is 12.2. The lowest BCUT2D eigenvalue weighted by molar-refractivity contribution is 0.305. The summed E-state index contributed by atoms with van der Waals surface area (Å²) in [5, 5.41) is 8.11. The smallest absolute Gasteiger partial charge is 0.368 e. The molecule has 0 amide bonds. The van der Waals surface area contributed by atoms with E-state index in [9.17, 15) is 4.79 Å². The lowest BCUT2D eigenvalue weighted by Crippen LogP contribution is -2.23. The fraction of sp³-hybridized carbons (Fsp3) is 0.167. The van der Waals surface area contributed by atoms with Crippen LogP contribution in [0.2, 0.25) is 5.02 Å². The summed E-state index contributed by atoms with van der Waals surface area (Å²) in [6.45, 7) is 2.09. The first-order valence-electron chi connectivity index (χ1n) is 7.48. The number of terminal acetylenes is 1. The molecule has 0 radical (unpaired) electrons. The maximum Gasteiger partial charge on any atom is 0.368 e. The molecule has 6 nitrogen and oxygen atoms in total. The average Bonchev–Trinajstić information content (AvgIpc) is 2.94. The summed E-state index contributed by atoms with van der Waals surface area (Å²) >= 11 is 6.18. The van der Waals surface area contributed by atoms with Crippen LogP contribution in [0, 0.1) is 19.3 Å². The lowest BCUT2D eigenvalue weighted by atomic mass is 10.1. The number of tetrazole rings is 1. The Morgan fingerprint density at radius 3 is 2.76 bits per heavy atom. The molecule has 2 aromatic carbocycles. The molecule has 0 fully saturated rings. The summed E-state index contributed by atoms with van der Waals surface area (Å²) in [5.41, 5.74) is 2.44. The van der Waals surface area contributed by atoms with Gasteiger partial charge in [0.2, 0.25) is 0 Å². The van der Waals surface area contributed by atoms with Gasteiger partial charge in [0.05, 0.1) is 10.7 Å². The summed E-state index contributed by atoms with van der Waals surface area (Å²) < 4.78 is 8.19. The van der Waals surface area contributed by atoms with Crippen LogP contribution in [0.25, 0.3) is 5.69 Å². The molecule has 1 aromatic heterocycles. The Morgan fingerprint density at radius 1 is 1.28 bits per heavy atom. The summed E-state index contributed by atoms with van der Waals surface area (Å²) in [6, 6.07) is 10.8. The van der Waals surface area contributed by atoms with Crippen molar-refractivity contribution in [3.05, 3.63) is 68.6 Å². The zero-order valence-corrected chi connectivity index (χ0v) is 14.5. The monoisotopic (exact) mass is 354 g/mol. The predicted molar refractivity (Wildman–Crippen MR) is 95.1 cm³/mol. The van der Waals surface area contributed by atoms with Gasteiger partial charge in [0.15, 0.2) is 0 Å². The summed E-state index contributed by atoms with van der Waals surface area (Å²) in [4.78, 5) is 12.2. The summed E-state index contributed by atoms with van der Waals surface area (Å²) in [5.74, 6) is 3.16. The van der Waals surface area contributed by atoms with Crippen molar-refractivity contribution in [1.29, 1.82) is 0 Å². The van der Waals surface area contributed by atoms with Gasteiger partial charge in [0.25, 0.3) is 0 Å². The zero-order chi connectivity index (χ0) is 18.0. The Kier molecular flexibility index (Phi) is 4.59. The van der Waals surface area contributed by atoms with Gasteiger partial charge in [0.1, 0.15) is 12.4 Å². The Morgan fingerprint density at radius 2 is 2.08 bits per heavy atom. The van der Waals surface area contributed by atoms with Crippen LogP contribution in [0.3, 0.4) is 0 Å². The Bertz CT molecular complexity index is 1030. The number of benzene rings is 2. The largest absolute Gasteiger partial charge is 0.487 e. The number of hydrogen-bond acceptors (Lipinski definition) is 4. The molecule has 0 bridgehead atoms. The van der Waals surface area contributed by atoms with E-state index in [-0.39, 0.29) is 12.3 Å². The second kappa shape index (κ2) is 6.83. The minimum atomic E-state index is -0.371. The third-order valence-electron chi connectivity index (χ3n) is 3.72. The molecule has 1 heterocycles. The van der Waals surface area contributed by atoms with E-state index < -0.39 is 0 Å². The van der Waals surface area contributed by atoms with E-state index >= 15 is 0 Å². The van der Waals surface area contributed by atoms with Crippen LogP contribution in [-0.2, 0) is 13.7 Å². The normalized spacial score (nSPS) is 10.5. The van der Waals surface area contributed by atoms with E-state index in [1.807, 2.05) is 19.1 Å². The van der Waals surface area contributed by atoms with Crippen LogP contribution >= 0.6 is 11.6 Å². The van der Waals surface area contributed by atoms with E-state index in [4.69, 9.17) is 22.8 Å². The zero-order valence-electron chi connectivity index (χ0n) is 13.7. The van der Waals surface area contributed by atoms with Crippen LogP contribution in [0.5, 0.6) is 5.75 Å². The molecule has 0 aliphatic rings.